The average Bonchev–Trinajstić information content (AvgIpc) is 2.74. The Morgan fingerprint density at radius 2 is 1.42 bits per heavy atom. The summed E-state index contributed by atoms with van der Waals surface area (Å²) in [5.41, 5.74) is 6.13. The van der Waals surface area contributed by atoms with E-state index in [0.29, 0.717) is 5.56 Å². The van der Waals surface area contributed by atoms with Gasteiger partial charge < -0.3 is 37.0 Å². The molecule has 0 saturated heterocycles. The van der Waals surface area contributed by atoms with Gasteiger partial charge in [-0.15, -0.1) is 0 Å². The Morgan fingerprint density at radius 3 is 1.91 bits per heavy atom. The maximum atomic E-state index is 12.8. The molecule has 0 aliphatic rings. The molecule has 3 amide bonds. The normalized spacial score (nSPS) is 14.5. The molecule has 1 aromatic carbocycles. The van der Waals surface area contributed by atoms with E-state index < -0.39 is 72.8 Å². The molecule has 0 spiro atoms. The smallest absolute Gasteiger partial charge is 0.326 e. The van der Waals surface area contributed by atoms with Crippen LogP contribution in [0.3, 0.4) is 0 Å². The van der Waals surface area contributed by atoms with Gasteiger partial charge in [-0.3, -0.25) is 19.2 Å². The lowest BCUT2D eigenvalue weighted by Gasteiger charge is -2.25. The van der Waals surface area contributed by atoms with Crippen LogP contribution in [0.15, 0.2) is 30.3 Å². The lowest BCUT2D eigenvalue weighted by Crippen LogP contribution is -2.59. The molecule has 8 N–H and O–H groups in total. The number of carboxylic acids is 2. The summed E-state index contributed by atoms with van der Waals surface area (Å²) in [6.45, 7) is 2.38. The lowest BCUT2D eigenvalue weighted by molar-refractivity contribution is -0.143. The number of benzene rings is 1. The van der Waals surface area contributed by atoms with Crippen molar-refractivity contribution in [2.45, 2.75) is 50.9 Å². The molecule has 0 bridgehead atoms. The fourth-order valence-electron chi connectivity index (χ4n) is 2.85. The first kappa shape index (κ1) is 27.5. The molecule has 0 aromatic heterocycles. The lowest BCUT2D eigenvalue weighted by atomic mass is 10.0. The van der Waals surface area contributed by atoms with Crippen molar-refractivity contribution >= 4 is 29.7 Å². The number of rotatable bonds is 13. The van der Waals surface area contributed by atoms with Crippen LogP contribution in [0, 0.1) is 5.92 Å². The SMILES string of the molecule is CC(C)[C@H](NC(=O)[C@H](Cc1ccccc1)NC(=O)[C@H](CO)NC(=O)[C@@H](N)CC(=O)O)C(=O)O. The fraction of sp³-hybridized carbons (Fsp3) is 0.476. The van der Waals surface area contributed by atoms with E-state index in [9.17, 15) is 34.2 Å². The highest BCUT2D eigenvalue weighted by atomic mass is 16.4. The molecule has 0 aliphatic carbocycles. The monoisotopic (exact) mass is 466 g/mol. The number of hydrogen-bond acceptors (Lipinski definition) is 7. The van der Waals surface area contributed by atoms with Gasteiger partial charge in [-0.1, -0.05) is 44.2 Å². The molecule has 0 radical (unpaired) electrons. The number of carbonyl (C=O) groups excluding carboxylic acids is 3. The minimum absolute atomic E-state index is 0.00741. The van der Waals surface area contributed by atoms with Gasteiger partial charge in [-0.2, -0.15) is 0 Å². The van der Waals surface area contributed by atoms with E-state index in [1.54, 1.807) is 44.2 Å². The molecule has 182 valence electrons. The molecule has 12 nitrogen and oxygen atoms in total. The number of carboxylic acid groups (broad SMARTS) is 2. The van der Waals surface area contributed by atoms with Crippen molar-refractivity contribution in [3.8, 4) is 0 Å². The molecule has 0 unspecified atom stereocenters. The summed E-state index contributed by atoms with van der Waals surface area (Å²) in [7, 11) is 0. The fourth-order valence-corrected chi connectivity index (χ4v) is 2.85. The minimum Gasteiger partial charge on any atom is -0.481 e. The molecule has 0 saturated carbocycles. The van der Waals surface area contributed by atoms with Crippen molar-refractivity contribution in [1.29, 1.82) is 0 Å². The van der Waals surface area contributed by atoms with Gasteiger partial charge in [0.2, 0.25) is 17.7 Å². The second-order valence-corrected chi connectivity index (χ2v) is 7.77. The molecule has 4 atom stereocenters. The largest absolute Gasteiger partial charge is 0.481 e. The van der Waals surface area contributed by atoms with E-state index in [1.165, 1.54) is 0 Å². The maximum Gasteiger partial charge on any atom is 0.326 e. The Kier molecular flexibility index (Phi) is 11.0. The average molecular weight is 466 g/mol. The van der Waals surface area contributed by atoms with Gasteiger partial charge >= 0.3 is 11.9 Å². The molecule has 1 rings (SSSR count). The van der Waals surface area contributed by atoms with Gasteiger partial charge in [0.25, 0.3) is 0 Å². The van der Waals surface area contributed by atoms with Crippen LogP contribution in [0.1, 0.15) is 25.8 Å². The van der Waals surface area contributed by atoms with E-state index in [0.717, 1.165) is 0 Å². The number of amides is 3. The van der Waals surface area contributed by atoms with E-state index in [2.05, 4.69) is 16.0 Å². The van der Waals surface area contributed by atoms with Crippen LogP contribution in [-0.2, 0) is 30.4 Å². The molecular formula is C21H30N4O8. The minimum atomic E-state index is -1.51. The van der Waals surface area contributed by atoms with Crippen LogP contribution in [0.25, 0.3) is 0 Å². The standard InChI is InChI=1S/C21H30N4O8/c1-11(2)17(21(32)33)25-19(30)14(8-12-6-4-3-5-7-12)23-20(31)15(10-26)24-18(29)13(22)9-16(27)28/h3-7,11,13-15,17,26H,8-10,22H2,1-2H3,(H,23,31)(H,24,29)(H,25,30)(H,27,28)(H,32,33)/t13-,14-,15-,17-/m0/s1. The molecule has 12 heteroatoms. The third kappa shape index (κ3) is 9.25. The zero-order valence-corrected chi connectivity index (χ0v) is 18.4. The van der Waals surface area contributed by atoms with Crippen molar-refractivity contribution in [3.05, 3.63) is 35.9 Å². The molecular weight excluding hydrogens is 436 g/mol. The van der Waals surface area contributed by atoms with Crippen LogP contribution < -0.4 is 21.7 Å². The van der Waals surface area contributed by atoms with Gasteiger partial charge in [-0.05, 0) is 11.5 Å². The second kappa shape index (κ2) is 13.1. The third-order valence-corrected chi connectivity index (χ3v) is 4.69. The Morgan fingerprint density at radius 1 is 0.879 bits per heavy atom. The number of hydrogen-bond donors (Lipinski definition) is 7. The summed E-state index contributed by atoms with van der Waals surface area (Å²) >= 11 is 0. The Balaban J connectivity index is 3.01. The van der Waals surface area contributed by atoms with Crippen molar-refractivity contribution < 1.29 is 39.3 Å². The highest BCUT2D eigenvalue weighted by Crippen LogP contribution is 2.07. The summed E-state index contributed by atoms with van der Waals surface area (Å²) < 4.78 is 0. The molecule has 0 aliphatic heterocycles. The Bertz CT molecular complexity index is 846. The predicted molar refractivity (Wildman–Crippen MR) is 116 cm³/mol. The third-order valence-electron chi connectivity index (χ3n) is 4.69. The first-order chi connectivity index (χ1) is 15.5. The van der Waals surface area contributed by atoms with Crippen molar-refractivity contribution in [2.75, 3.05) is 6.61 Å². The molecule has 1 aromatic rings. The number of aliphatic hydroxyl groups is 1. The van der Waals surface area contributed by atoms with Crippen molar-refractivity contribution in [3.63, 3.8) is 0 Å². The van der Waals surface area contributed by atoms with Crippen molar-refractivity contribution in [2.24, 2.45) is 11.7 Å². The van der Waals surface area contributed by atoms with E-state index >= 15 is 0 Å². The van der Waals surface area contributed by atoms with Crippen LogP contribution in [-0.4, -0.2) is 75.8 Å². The van der Waals surface area contributed by atoms with Crippen LogP contribution >= 0.6 is 0 Å². The number of nitrogens with two attached hydrogens (primary N) is 1. The summed E-state index contributed by atoms with van der Waals surface area (Å²) in [4.78, 5) is 59.7. The number of aliphatic hydroxyl groups excluding tert-OH is 1. The summed E-state index contributed by atoms with van der Waals surface area (Å²) in [6, 6.07) is 3.24. The van der Waals surface area contributed by atoms with Gasteiger partial charge in [0.05, 0.1) is 19.1 Å². The first-order valence-electron chi connectivity index (χ1n) is 10.2. The number of aliphatic carboxylic acids is 2. The van der Waals surface area contributed by atoms with Gasteiger partial charge in [-0.25, -0.2) is 4.79 Å². The summed E-state index contributed by atoms with van der Waals surface area (Å²) in [5.74, 6) is -5.66. The molecule has 0 fully saturated rings. The number of carbonyl (C=O) groups is 5. The van der Waals surface area contributed by atoms with Gasteiger partial charge in [0.15, 0.2) is 0 Å². The van der Waals surface area contributed by atoms with Gasteiger partial charge in [0, 0.05) is 6.42 Å². The Labute approximate surface area is 190 Å². The van der Waals surface area contributed by atoms with E-state index in [4.69, 9.17) is 10.8 Å². The van der Waals surface area contributed by atoms with E-state index in [1.807, 2.05) is 0 Å². The topological polar surface area (TPSA) is 208 Å². The highest BCUT2D eigenvalue weighted by molar-refractivity contribution is 5.95. The maximum absolute atomic E-state index is 12.8. The predicted octanol–water partition coefficient (Wildman–Crippen LogP) is -1.78. The number of nitrogens with one attached hydrogen (secondary N) is 3. The van der Waals surface area contributed by atoms with E-state index in [-0.39, 0.29) is 6.42 Å². The summed E-state index contributed by atoms with van der Waals surface area (Å²) in [5, 5.41) is 34.5. The summed E-state index contributed by atoms with van der Waals surface area (Å²) in [6.07, 6.45) is -0.677. The zero-order chi connectivity index (χ0) is 25.1. The zero-order valence-electron chi connectivity index (χ0n) is 18.4. The van der Waals surface area contributed by atoms with Crippen LogP contribution in [0.5, 0.6) is 0 Å². The highest BCUT2D eigenvalue weighted by Gasteiger charge is 2.31. The quantitative estimate of drug-likeness (QED) is 0.175. The first-order valence-corrected chi connectivity index (χ1v) is 10.2. The Hall–Kier alpha value is -3.51. The molecule has 0 heterocycles. The van der Waals surface area contributed by atoms with Crippen molar-refractivity contribution in [1.82, 2.24) is 16.0 Å². The second-order valence-electron chi connectivity index (χ2n) is 7.77. The van der Waals surface area contributed by atoms with Crippen LogP contribution in [0.4, 0.5) is 0 Å². The molecule has 33 heavy (non-hydrogen) atoms. The van der Waals surface area contributed by atoms with Crippen LogP contribution in [0.2, 0.25) is 0 Å². The van der Waals surface area contributed by atoms with Gasteiger partial charge in [0.1, 0.15) is 18.1 Å².